The fourth-order valence-electron chi connectivity index (χ4n) is 1.53. The second-order valence-electron chi connectivity index (χ2n) is 4.21. The van der Waals surface area contributed by atoms with E-state index >= 15 is 0 Å². The molecule has 0 aliphatic heterocycles. The summed E-state index contributed by atoms with van der Waals surface area (Å²) in [4.78, 5) is 14.8. The molecule has 0 atom stereocenters. The van der Waals surface area contributed by atoms with Gasteiger partial charge in [0.2, 0.25) is 11.9 Å². The van der Waals surface area contributed by atoms with Crippen molar-refractivity contribution in [3.05, 3.63) is 30.1 Å². The number of nitrogens with one attached hydrogen (secondary N) is 1. The lowest BCUT2D eigenvalue weighted by Crippen LogP contribution is -2.15. The number of hydrogen-bond acceptors (Lipinski definition) is 5. The molecule has 1 N–H and O–H groups in total. The van der Waals surface area contributed by atoms with Gasteiger partial charge in [-0.05, 0) is 31.2 Å². The van der Waals surface area contributed by atoms with Crippen LogP contribution in [0.25, 0.3) is 11.4 Å². The first-order valence-electron chi connectivity index (χ1n) is 6.03. The van der Waals surface area contributed by atoms with Crippen molar-refractivity contribution in [3.8, 4) is 11.4 Å². The van der Waals surface area contributed by atoms with Gasteiger partial charge >= 0.3 is 0 Å². The lowest BCUT2D eigenvalue weighted by Gasteiger charge is -2.13. The molecule has 2 rings (SSSR count). The molecule has 0 aliphatic rings. The van der Waals surface area contributed by atoms with E-state index in [1.165, 1.54) is 12.1 Å². The predicted molar refractivity (Wildman–Crippen MR) is 73.7 cm³/mol. The first-order valence-corrected chi connectivity index (χ1v) is 6.03. The van der Waals surface area contributed by atoms with Crippen LogP contribution in [0.3, 0.4) is 0 Å². The summed E-state index contributed by atoms with van der Waals surface area (Å²) >= 11 is 0. The molecule has 0 saturated heterocycles. The normalized spacial score (nSPS) is 10.3. The Bertz CT molecular complexity index is 553. The zero-order valence-corrected chi connectivity index (χ0v) is 11.2. The molecule has 0 aliphatic carbocycles. The Hall–Kier alpha value is -2.24. The highest BCUT2D eigenvalue weighted by Gasteiger charge is 2.09. The van der Waals surface area contributed by atoms with Gasteiger partial charge in [-0.2, -0.15) is 15.0 Å². The molecule has 19 heavy (non-hydrogen) atoms. The maximum atomic E-state index is 12.9. The fourth-order valence-corrected chi connectivity index (χ4v) is 1.53. The molecule has 0 bridgehead atoms. The van der Waals surface area contributed by atoms with E-state index in [1.807, 2.05) is 21.0 Å². The van der Waals surface area contributed by atoms with Gasteiger partial charge in [0.15, 0.2) is 5.82 Å². The van der Waals surface area contributed by atoms with Gasteiger partial charge in [0.1, 0.15) is 5.82 Å². The molecule has 2 aromatic rings. The summed E-state index contributed by atoms with van der Waals surface area (Å²) < 4.78 is 12.9. The minimum absolute atomic E-state index is 0.280. The second kappa shape index (κ2) is 5.60. The SMILES string of the molecule is CCNc1nc(-c2ccc(F)cc2)nc(N(C)C)n1. The van der Waals surface area contributed by atoms with Crippen molar-refractivity contribution in [1.82, 2.24) is 15.0 Å². The average molecular weight is 261 g/mol. The first-order chi connectivity index (χ1) is 9.10. The van der Waals surface area contributed by atoms with Crippen LogP contribution >= 0.6 is 0 Å². The summed E-state index contributed by atoms with van der Waals surface area (Å²) in [6.07, 6.45) is 0. The lowest BCUT2D eigenvalue weighted by atomic mass is 10.2. The Kier molecular flexibility index (Phi) is 3.89. The number of nitrogens with zero attached hydrogens (tertiary/aromatic N) is 4. The van der Waals surface area contributed by atoms with Gasteiger partial charge in [0, 0.05) is 26.2 Å². The number of hydrogen-bond donors (Lipinski definition) is 1. The first kappa shape index (κ1) is 13.2. The van der Waals surface area contributed by atoms with Crippen LogP contribution in [0.2, 0.25) is 0 Å². The van der Waals surface area contributed by atoms with Gasteiger partial charge in [-0.15, -0.1) is 0 Å². The van der Waals surface area contributed by atoms with Crippen LogP contribution in [0, 0.1) is 5.82 Å². The Morgan fingerprint density at radius 3 is 2.37 bits per heavy atom. The minimum Gasteiger partial charge on any atom is -0.354 e. The molecule has 1 heterocycles. The van der Waals surface area contributed by atoms with E-state index in [0.717, 1.165) is 12.1 Å². The summed E-state index contributed by atoms with van der Waals surface area (Å²) in [7, 11) is 3.72. The van der Waals surface area contributed by atoms with Crippen LogP contribution in [0.15, 0.2) is 24.3 Å². The van der Waals surface area contributed by atoms with Gasteiger partial charge in [-0.1, -0.05) is 0 Å². The zero-order chi connectivity index (χ0) is 13.8. The van der Waals surface area contributed by atoms with E-state index in [-0.39, 0.29) is 5.82 Å². The van der Waals surface area contributed by atoms with E-state index in [1.54, 1.807) is 17.0 Å². The van der Waals surface area contributed by atoms with Crippen LogP contribution in [-0.4, -0.2) is 35.6 Å². The molecular formula is C13H16FN5. The molecule has 0 amide bonds. The molecule has 0 unspecified atom stereocenters. The van der Waals surface area contributed by atoms with Crippen molar-refractivity contribution >= 4 is 11.9 Å². The molecule has 0 saturated carbocycles. The average Bonchev–Trinajstić information content (AvgIpc) is 2.39. The lowest BCUT2D eigenvalue weighted by molar-refractivity contribution is 0.628. The molecule has 0 spiro atoms. The number of rotatable bonds is 4. The molecule has 6 heteroatoms. The van der Waals surface area contributed by atoms with E-state index in [0.29, 0.717) is 17.7 Å². The monoisotopic (exact) mass is 261 g/mol. The van der Waals surface area contributed by atoms with Gasteiger partial charge in [0.25, 0.3) is 0 Å². The fraction of sp³-hybridized carbons (Fsp3) is 0.308. The Morgan fingerprint density at radius 2 is 1.79 bits per heavy atom. The van der Waals surface area contributed by atoms with Gasteiger partial charge < -0.3 is 10.2 Å². The minimum atomic E-state index is -0.280. The third kappa shape index (κ3) is 3.15. The molecule has 1 aromatic carbocycles. The van der Waals surface area contributed by atoms with Crippen LogP contribution in [0.4, 0.5) is 16.3 Å². The van der Waals surface area contributed by atoms with Gasteiger partial charge in [-0.25, -0.2) is 4.39 Å². The zero-order valence-electron chi connectivity index (χ0n) is 11.2. The second-order valence-corrected chi connectivity index (χ2v) is 4.21. The van der Waals surface area contributed by atoms with Crippen molar-refractivity contribution in [2.45, 2.75) is 6.92 Å². The summed E-state index contributed by atoms with van der Waals surface area (Å²) in [5, 5.41) is 3.06. The Morgan fingerprint density at radius 1 is 1.11 bits per heavy atom. The van der Waals surface area contributed by atoms with Crippen molar-refractivity contribution < 1.29 is 4.39 Å². The molecule has 100 valence electrons. The smallest absolute Gasteiger partial charge is 0.230 e. The van der Waals surface area contributed by atoms with Gasteiger partial charge in [-0.3, -0.25) is 0 Å². The van der Waals surface area contributed by atoms with E-state index in [4.69, 9.17) is 0 Å². The van der Waals surface area contributed by atoms with Gasteiger partial charge in [0.05, 0.1) is 0 Å². The Balaban J connectivity index is 2.46. The van der Waals surface area contributed by atoms with Crippen molar-refractivity contribution in [2.24, 2.45) is 0 Å². The van der Waals surface area contributed by atoms with Crippen molar-refractivity contribution in [3.63, 3.8) is 0 Å². The van der Waals surface area contributed by atoms with Crippen LogP contribution in [-0.2, 0) is 0 Å². The van der Waals surface area contributed by atoms with Crippen molar-refractivity contribution in [2.75, 3.05) is 30.9 Å². The number of benzene rings is 1. The highest BCUT2D eigenvalue weighted by Crippen LogP contribution is 2.19. The third-order valence-corrected chi connectivity index (χ3v) is 2.46. The third-order valence-electron chi connectivity index (χ3n) is 2.46. The van der Waals surface area contributed by atoms with Crippen molar-refractivity contribution in [1.29, 1.82) is 0 Å². The standard InChI is InChI=1S/C13H16FN5/c1-4-15-12-16-11(17-13(18-12)19(2)3)9-5-7-10(14)8-6-9/h5-8H,4H2,1-3H3,(H,15,16,17,18). The molecular weight excluding hydrogens is 245 g/mol. The highest BCUT2D eigenvalue weighted by atomic mass is 19.1. The number of halogens is 1. The maximum absolute atomic E-state index is 12.9. The van der Waals surface area contributed by atoms with Crippen LogP contribution in [0.1, 0.15) is 6.92 Å². The summed E-state index contributed by atoms with van der Waals surface area (Å²) in [5.74, 6) is 1.32. The summed E-state index contributed by atoms with van der Waals surface area (Å²) in [6, 6.07) is 6.09. The summed E-state index contributed by atoms with van der Waals surface area (Å²) in [5.41, 5.74) is 0.756. The highest BCUT2D eigenvalue weighted by molar-refractivity contribution is 5.58. The van der Waals surface area contributed by atoms with Crippen LogP contribution in [0.5, 0.6) is 0 Å². The van der Waals surface area contributed by atoms with E-state index in [2.05, 4.69) is 20.3 Å². The van der Waals surface area contributed by atoms with E-state index in [9.17, 15) is 4.39 Å². The quantitative estimate of drug-likeness (QED) is 0.914. The maximum Gasteiger partial charge on any atom is 0.230 e. The number of anilines is 2. The number of aromatic nitrogens is 3. The molecule has 5 nitrogen and oxygen atoms in total. The molecule has 1 aromatic heterocycles. The topological polar surface area (TPSA) is 53.9 Å². The largest absolute Gasteiger partial charge is 0.354 e. The predicted octanol–water partition coefficient (Wildman–Crippen LogP) is 2.18. The van der Waals surface area contributed by atoms with Crippen LogP contribution < -0.4 is 10.2 Å². The molecule has 0 fully saturated rings. The summed E-state index contributed by atoms with van der Waals surface area (Å²) in [6.45, 7) is 2.69. The molecule has 0 radical (unpaired) electrons. The van der Waals surface area contributed by atoms with E-state index < -0.39 is 0 Å². The Labute approximate surface area is 111 Å².